The summed E-state index contributed by atoms with van der Waals surface area (Å²) in [6.45, 7) is 14.0. The quantitative estimate of drug-likeness (QED) is 0.139. The average Bonchev–Trinajstić information content (AvgIpc) is 3.39. The normalized spacial score (nSPS) is 17.7. The number of para-hydroxylation sites is 2. The Labute approximate surface area is 296 Å². The highest BCUT2D eigenvalue weighted by Gasteiger charge is 2.45. The third-order valence-corrected chi connectivity index (χ3v) is 11.7. The van der Waals surface area contributed by atoms with Crippen LogP contribution in [0, 0.1) is 36.0 Å². The lowest BCUT2D eigenvalue weighted by Crippen LogP contribution is -2.31. The maximum Gasteiger partial charge on any atom is 0.147 e. The number of hydrogen-bond acceptors (Lipinski definition) is 1. The van der Waals surface area contributed by atoms with Crippen molar-refractivity contribution in [3.63, 3.8) is 0 Å². The van der Waals surface area contributed by atoms with E-state index in [0.29, 0.717) is 11.8 Å². The first kappa shape index (κ1) is 34.7. The topological polar surface area (TPSA) is 9.23 Å². The van der Waals surface area contributed by atoms with Crippen LogP contribution in [0.4, 0.5) is 0 Å². The molecule has 252 valence electrons. The van der Waals surface area contributed by atoms with Gasteiger partial charge in [-0.1, -0.05) is 165 Å². The van der Waals surface area contributed by atoms with E-state index in [1.54, 1.807) is 0 Å². The molecular weight excluding hydrogens is 593 g/mol. The summed E-state index contributed by atoms with van der Waals surface area (Å²) >= 11 is 0. The fourth-order valence-electron chi connectivity index (χ4n) is 8.81. The zero-order valence-corrected chi connectivity index (χ0v) is 30.7. The van der Waals surface area contributed by atoms with E-state index in [9.17, 15) is 0 Å². The fraction of sp³-hybridized carbons (Fsp3) is 0.417. The molecule has 2 unspecified atom stereocenters. The number of hydrogen-bond donors (Lipinski definition) is 0. The SMILES string of the molecule is C#Cc1cccc2c1Oc1c(C#Cc3ccc4c(c3)C(CC(CC)CCCC)(CC(CC)CCCC)c3ccccc3-4)cccc1C2(C)C. The molecule has 6 rings (SSSR count). The number of ether oxygens (including phenoxy) is 1. The molecule has 0 amide bonds. The van der Waals surface area contributed by atoms with Crippen molar-refractivity contribution in [1.29, 1.82) is 0 Å². The van der Waals surface area contributed by atoms with Crippen LogP contribution in [0.5, 0.6) is 11.5 Å². The summed E-state index contributed by atoms with van der Waals surface area (Å²) < 4.78 is 6.64. The lowest BCUT2D eigenvalue weighted by atomic mass is 9.65. The summed E-state index contributed by atoms with van der Waals surface area (Å²) in [5.41, 5.74) is 10.6. The van der Waals surface area contributed by atoms with Gasteiger partial charge >= 0.3 is 0 Å². The van der Waals surface area contributed by atoms with Gasteiger partial charge in [-0.05, 0) is 71.2 Å². The van der Waals surface area contributed by atoms with E-state index < -0.39 is 0 Å². The van der Waals surface area contributed by atoms with E-state index in [-0.39, 0.29) is 10.8 Å². The van der Waals surface area contributed by atoms with Gasteiger partial charge in [-0.3, -0.25) is 0 Å². The van der Waals surface area contributed by atoms with Crippen LogP contribution >= 0.6 is 0 Å². The minimum Gasteiger partial charge on any atom is -0.454 e. The highest BCUT2D eigenvalue weighted by atomic mass is 16.5. The maximum atomic E-state index is 6.64. The molecule has 0 saturated carbocycles. The molecule has 0 radical (unpaired) electrons. The second-order valence-corrected chi connectivity index (χ2v) is 15.1. The van der Waals surface area contributed by atoms with Gasteiger partial charge in [-0.25, -0.2) is 0 Å². The lowest BCUT2D eigenvalue weighted by Gasteiger charge is -2.38. The first-order valence-corrected chi connectivity index (χ1v) is 19.0. The molecule has 1 aliphatic heterocycles. The van der Waals surface area contributed by atoms with E-state index >= 15 is 0 Å². The zero-order chi connectivity index (χ0) is 34.6. The van der Waals surface area contributed by atoms with Gasteiger partial charge in [-0.2, -0.15) is 0 Å². The Balaban J connectivity index is 1.45. The standard InChI is InChI=1S/C48H54O/c1-8-13-19-34(10-3)32-48(33-35(11-4)20-14-9-2)41-24-16-15-23-39(41)40-30-28-36(31-44(40)48)27-29-38-22-18-26-43-46(38)49-45-37(12-5)21-17-25-42(45)47(43,6)7/h5,15-18,21-26,28,30-31,34-35H,8-11,13-14,19-20,32-33H2,1-4,6-7H3. The summed E-state index contributed by atoms with van der Waals surface area (Å²) in [4.78, 5) is 0. The second kappa shape index (κ2) is 14.7. The molecule has 1 aliphatic carbocycles. The maximum absolute atomic E-state index is 6.64. The monoisotopic (exact) mass is 646 g/mol. The van der Waals surface area contributed by atoms with E-state index in [1.807, 2.05) is 12.1 Å². The number of terminal acetylenes is 1. The van der Waals surface area contributed by atoms with Crippen LogP contribution in [0.3, 0.4) is 0 Å². The van der Waals surface area contributed by atoms with Crippen molar-refractivity contribution in [2.75, 3.05) is 0 Å². The zero-order valence-electron chi connectivity index (χ0n) is 30.7. The van der Waals surface area contributed by atoms with Crippen molar-refractivity contribution < 1.29 is 4.74 Å². The third-order valence-electron chi connectivity index (χ3n) is 11.7. The number of benzene rings is 4. The van der Waals surface area contributed by atoms with Crippen molar-refractivity contribution in [2.45, 2.75) is 117 Å². The van der Waals surface area contributed by atoms with Gasteiger partial charge in [0.2, 0.25) is 0 Å². The van der Waals surface area contributed by atoms with Gasteiger partial charge in [0.15, 0.2) is 0 Å². The van der Waals surface area contributed by atoms with Crippen LogP contribution in [0.15, 0.2) is 78.9 Å². The van der Waals surface area contributed by atoms with Gasteiger partial charge in [0.1, 0.15) is 11.5 Å². The largest absolute Gasteiger partial charge is 0.454 e. The lowest BCUT2D eigenvalue weighted by molar-refractivity contribution is 0.266. The summed E-state index contributed by atoms with van der Waals surface area (Å²) in [5.74, 6) is 13.0. The third kappa shape index (κ3) is 6.47. The van der Waals surface area contributed by atoms with Crippen LogP contribution in [0.25, 0.3) is 11.1 Å². The predicted octanol–water partition coefficient (Wildman–Crippen LogP) is 13.0. The van der Waals surface area contributed by atoms with Crippen molar-refractivity contribution in [1.82, 2.24) is 0 Å². The molecule has 2 aliphatic rings. The van der Waals surface area contributed by atoms with Crippen LogP contribution in [-0.2, 0) is 10.8 Å². The molecule has 0 fully saturated rings. The minimum atomic E-state index is -0.256. The summed E-state index contributed by atoms with van der Waals surface area (Å²) in [5, 5.41) is 0. The number of unbranched alkanes of at least 4 members (excludes halogenated alkanes) is 2. The highest BCUT2D eigenvalue weighted by Crippen LogP contribution is 2.56. The van der Waals surface area contributed by atoms with Gasteiger partial charge in [0.25, 0.3) is 0 Å². The van der Waals surface area contributed by atoms with Crippen molar-refractivity contribution in [3.05, 3.63) is 118 Å². The Bertz CT molecular complexity index is 1890. The van der Waals surface area contributed by atoms with Gasteiger partial charge in [0.05, 0.1) is 11.1 Å². The fourth-order valence-corrected chi connectivity index (χ4v) is 8.81. The van der Waals surface area contributed by atoms with E-state index in [0.717, 1.165) is 39.3 Å². The van der Waals surface area contributed by atoms with Crippen LogP contribution in [-0.4, -0.2) is 0 Å². The highest BCUT2D eigenvalue weighted by molar-refractivity contribution is 5.82. The second-order valence-electron chi connectivity index (χ2n) is 15.1. The molecule has 0 bridgehead atoms. The molecule has 4 aromatic rings. The van der Waals surface area contributed by atoms with Crippen molar-refractivity contribution >= 4 is 0 Å². The van der Waals surface area contributed by atoms with Crippen molar-refractivity contribution in [3.8, 4) is 46.8 Å². The molecule has 0 N–H and O–H groups in total. The molecule has 2 atom stereocenters. The molecule has 49 heavy (non-hydrogen) atoms. The Morgan fingerprint density at radius 3 is 1.82 bits per heavy atom. The number of rotatable bonds is 12. The van der Waals surface area contributed by atoms with Crippen LogP contribution in [0.1, 0.15) is 145 Å². The van der Waals surface area contributed by atoms with Gasteiger partial charge < -0.3 is 4.74 Å². The molecule has 1 nitrogen and oxygen atoms in total. The van der Waals surface area contributed by atoms with Crippen LogP contribution < -0.4 is 4.74 Å². The minimum absolute atomic E-state index is 0.000828. The average molecular weight is 647 g/mol. The van der Waals surface area contributed by atoms with Gasteiger partial charge in [-0.15, -0.1) is 6.42 Å². The summed E-state index contributed by atoms with van der Waals surface area (Å²) in [7, 11) is 0. The molecule has 0 aromatic heterocycles. The molecule has 1 heteroatoms. The van der Waals surface area contributed by atoms with Gasteiger partial charge in [0, 0.05) is 27.5 Å². The molecule has 4 aromatic carbocycles. The Morgan fingerprint density at radius 1 is 0.633 bits per heavy atom. The first-order chi connectivity index (χ1) is 23.8. The van der Waals surface area contributed by atoms with Crippen LogP contribution in [0.2, 0.25) is 0 Å². The smallest absolute Gasteiger partial charge is 0.147 e. The summed E-state index contributed by atoms with van der Waals surface area (Å²) in [6.07, 6.45) is 18.5. The predicted molar refractivity (Wildman–Crippen MR) is 208 cm³/mol. The van der Waals surface area contributed by atoms with Crippen molar-refractivity contribution in [2.24, 2.45) is 11.8 Å². The molecule has 1 heterocycles. The molecular formula is C48H54O. The Morgan fingerprint density at radius 2 is 1.20 bits per heavy atom. The van der Waals surface area contributed by atoms with E-state index in [1.165, 1.54) is 86.5 Å². The van der Waals surface area contributed by atoms with E-state index in [2.05, 4.69) is 126 Å². The summed E-state index contributed by atoms with van der Waals surface area (Å²) in [6, 6.07) is 28.8. The molecule has 0 spiro atoms. The first-order valence-electron chi connectivity index (χ1n) is 19.0. The molecule has 0 saturated heterocycles. The Hall–Kier alpha value is -4.20. The Kier molecular flexibility index (Phi) is 10.4. The number of fused-ring (bicyclic) bond motifs is 5. The van der Waals surface area contributed by atoms with E-state index in [4.69, 9.17) is 11.2 Å².